The van der Waals surface area contributed by atoms with Gasteiger partial charge in [-0.2, -0.15) is 0 Å². The molecule has 0 spiro atoms. The lowest BCUT2D eigenvalue weighted by Crippen LogP contribution is -2.36. The number of nitrogens with one attached hydrogen (secondary N) is 1. The molecule has 0 aliphatic heterocycles. The van der Waals surface area contributed by atoms with Gasteiger partial charge in [0.25, 0.3) is 0 Å². The Morgan fingerprint density at radius 3 is 1.79 bits per heavy atom. The van der Waals surface area contributed by atoms with E-state index in [1.165, 1.54) is 25.7 Å². The van der Waals surface area contributed by atoms with Crippen LogP contribution in [0.2, 0.25) is 0 Å². The fourth-order valence-corrected chi connectivity index (χ4v) is 1.58. The van der Waals surface area contributed by atoms with Crippen LogP contribution in [0, 0.1) is 5.41 Å². The van der Waals surface area contributed by atoms with Crippen LogP contribution in [-0.4, -0.2) is 12.1 Å². The van der Waals surface area contributed by atoms with Crippen LogP contribution >= 0.6 is 0 Å². The van der Waals surface area contributed by atoms with Gasteiger partial charge in [-0.3, -0.25) is 0 Å². The van der Waals surface area contributed by atoms with Gasteiger partial charge >= 0.3 is 0 Å². The van der Waals surface area contributed by atoms with Crippen LogP contribution in [0.5, 0.6) is 0 Å². The van der Waals surface area contributed by atoms with Gasteiger partial charge < -0.3 is 5.32 Å². The molecule has 0 aromatic carbocycles. The Labute approximate surface area is 90.7 Å². The molecule has 0 unspecified atom stereocenters. The molecule has 1 nitrogen and oxygen atoms in total. The van der Waals surface area contributed by atoms with Crippen molar-refractivity contribution in [2.75, 3.05) is 6.54 Å². The van der Waals surface area contributed by atoms with Gasteiger partial charge in [0.2, 0.25) is 0 Å². The predicted octanol–water partition coefficient (Wildman–Crippen LogP) is 3.98. The molecule has 1 heteroatoms. The summed E-state index contributed by atoms with van der Waals surface area (Å²) in [4.78, 5) is 0. The fourth-order valence-electron chi connectivity index (χ4n) is 1.58. The van der Waals surface area contributed by atoms with E-state index >= 15 is 0 Å². The molecule has 0 atom stereocenters. The molecular weight excluding hydrogens is 170 g/mol. The van der Waals surface area contributed by atoms with Crippen LogP contribution in [-0.2, 0) is 0 Å². The van der Waals surface area contributed by atoms with Crippen LogP contribution in [0.4, 0.5) is 0 Å². The summed E-state index contributed by atoms with van der Waals surface area (Å²) in [5.74, 6) is 0. The zero-order valence-electron chi connectivity index (χ0n) is 11.0. The van der Waals surface area contributed by atoms with Crippen molar-refractivity contribution in [3.05, 3.63) is 0 Å². The van der Waals surface area contributed by atoms with Gasteiger partial charge in [-0.05, 0) is 45.6 Å². The minimum absolute atomic E-state index is 0.273. The quantitative estimate of drug-likeness (QED) is 0.638. The minimum atomic E-state index is 0.273. The fraction of sp³-hybridized carbons (Fsp3) is 1.00. The highest BCUT2D eigenvalue weighted by Crippen LogP contribution is 2.30. The summed E-state index contributed by atoms with van der Waals surface area (Å²) in [5.41, 5.74) is 0.842. The Balaban J connectivity index is 3.63. The van der Waals surface area contributed by atoms with E-state index < -0.39 is 0 Å². The molecule has 86 valence electrons. The van der Waals surface area contributed by atoms with Gasteiger partial charge in [0.15, 0.2) is 0 Å². The van der Waals surface area contributed by atoms with Gasteiger partial charge in [0.05, 0.1) is 0 Å². The van der Waals surface area contributed by atoms with E-state index in [1.54, 1.807) is 0 Å². The van der Waals surface area contributed by atoms with Gasteiger partial charge in [0.1, 0.15) is 0 Å². The Bertz CT molecular complexity index is 140. The SMILES string of the molecule is CCC(C)(CC)CCCNC(C)(C)C. The van der Waals surface area contributed by atoms with E-state index in [1.807, 2.05) is 0 Å². The molecule has 0 aliphatic carbocycles. The number of hydrogen-bond acceptors (Lipinski definition) is 1. The maximum Gasteiger partial charge on any atom is 0.00965 e. The standard InChI is InChI=1S/C13H29N/c1-7-13(6,8-2)10-9-11-14-12(3,4)5/h14H,7-11H2,1-6H3. The third-order valence-electron chi connectivity index (χ3n) is 3.32. The van der Waals surface area contributed by atoms with E-state index in [9.17, 15) is 0 Å². The summed E-state index contributed by atoms with van der Waals surface area (Å²) in [6.45, 7) is 14.9. The first-order chi connectivity index (χ1) is 6.33. The summed E-state index contributed by atoms with van der Waals surface area (Å²) < 4.78 is 0. The van der Waals surface area contributed by atoms with Crippen LogP contribution < -0.4 is 5.32 Å². The highest BCUT2D eigenvalue weighted by Gasteiger charge is 2.18. The summed E-state index contributed by atoms with van der Waals surface area (Å²) in [6, 6.07) is 0. The van der Waals surface area contributed by atoms with Crippen LogP contribution in [0.3, 0.4) is 0 Å². The van der Waals surface area contributed by atoms with Crippen molar-refractivity contribution in [2.45, 2.75) is 72.8 Å². The van der Waals surface area contributed by atoms with Crippen LogP contribution in [0.1, 0.15) is 67.2 Å². The predicted molar refractivity (Wildman–Crippen MR) is 65.7 cm³/mol. The summed E-state index contributed by atoms with van der Waals surface area (Å²) >= 11 is 0. The molecule has 0 aromatic rings. The Hall–Kier alpha value is -0.0400. The molecule has 14 heavy (non-hydrogen) atoms. The lowest BCUT2D eigenvalue weighted by atomic mass is 9.80. The van der Waals surface area contributed by atoms with Gasteiger partial charge in [0, 0.05) is 5.54 Å². The van der Waals surface area contributed by atoms with E-state index in [4.69, 9.17) is 0 Å². The Morgan fingerprint density at radius 1 is 0.929 bits per heavy atom. The van der Waals surface area contributed by atoms with Gasteiger partial charge in [-0.15, -0.1) is 0 Å². The third-order valence-corrected chi connectivity index (χ3v) is 3.32. The van der Waals surface area contributed by atoms with Gasteiger partial charge in [-0.25, -0.2) is 0 Å². The van der Waals surface area contributed by atoms with E-state index in [-0.39, 0.29) is 5.54 Å². The second-order valence-electron chi connectivity index (χ2n) is 5.80. The largest absolute Gasteiger partial charge is 0.312 e. The molecule has 0 rings (SSSR count). The van der Waals surface area contributed by atoms with E-state index in [0.717, 1.165) is 6.54 Å². The van der Waals surface area contributed by atoms with Crippen LogP contribution in [0.15, 0.2) is 0 Å². The first-order valence-corrected chi connectivity index (χ1v) is 6.08. The topological polar surface area (TPSA) is 12.0 Å². The number of hydrogen-bond donors (Lipinski definition) is 1. The average molecular weight is 199 g/mol. The normalized spacial score (nSPS) is 13.3. The maximum absolute atomic E-state index is 3.54. The molecule has 0 amide bonds. The highest BCUT2D eigenvalue weighted by molar-refractivity contribution is 4.74. The lowest BCUT2D eigenvalue weighted by Gasteiger charge is -2.28. The molecule has 0 heterocycles. The summed E-state index contributed by atoms with van der Waals surface area (Å²) in [7, 11) is 0. The minimum Gasteiger partial charge on any atom is -0.312 e. The molecule has 0 aromatic heterocycles. The molecular formula is C13H29N. The second-order valence-corrected chi connectivity index (χ2v) is 5.80. The molecule has 0 bridgehead atoms. The second kappa shape index (κ2) is 5.75. The van der Waals surface area contributed by atoms with Crippen molar-refractivity contribution in [2.24, 2.45) is 5.41 Å². The maximum atomic E-state index is 3.54. The summed E-state index contributed by atoms with van der Waals surface area (Å²) in [6.07, 6.45) is 5.26. The smallest absolute Gasteiger partial charge is 0.00965 e. The summed E-state index contributed by atoms with van der Waals surface area (Å²) in [5, 5.41) is 3.54. The van der Waals surface area contributed by atoms with Crippen molar-refractivity contribution in [1.82, 2.24) is 5.32 Å². The molecule has 0 fully saturated rings. The Morgan fingerprint density at radius 2 is 1.43 bits per heavy atom. The molecule has 1 N–H and O–H groups in total. The molecule has 0 saturated heterocycles. The number of rotatable bonds is 6. The molecule has 0 aliphatic rings. The zero-order valence-corrected chi connectivity index (χ0v) is 11.0. The first kappa shape index (κ1) is 14.0. The average Bonchev–Trinajstić information content (AvgIpc) is 2.11. The van der Waals surface area contributed by atoms with Crippen molar-refractivity contribution in [3.63, 3.8) is 0 Å². The molecule has 0 saturated carbocycles. The van der Waals surface area contributed by atoms with Crippen molar-refractivity contribution in [3.8, 4) is 0 Å². The van der Waals surface area contributed by atoms with Gasteiger partial charge in [-0.1, -0.05) is 33.6 Å². The molecule has 0 radical (unpaired) electrons. The lowest BCUT2D eigenvalue weighted by molar-refractivity contribution is 0.259. The third kappa shape index (κ3) is 6.42. The van der Waals surface area contributed by atoms with Crippen molar-refractivity contribution >= 4 is 0 Å². The van der Waals surface area contributed by atoms with E-state index in [0.29, 0.717) is 5.41 Å². The zero-order chi connectivity index (χ0) is 11.2. The first-order valence-electron chi connectivity index (χ1n) is 6.08. The van der Waals surface area contributed by atoms with Crippen molar-refractivity contribution in [1.29, 1.82) is 0 Å². The monoisotopic (exact) mass is 199 g/mol. The van der Waals surface area contributed by atoms with Crippen molar-refractivity contribution < 1.29 is 0 Å². The Kier molecular flexibility index (Phi) is 5.73. The highest BCUT2D eigenvalue weighted by atomic mass is 14.9. The van der Waals surface area contributed by atoms with Crippen LogP contribution in [0.25, 0.3) is 0 Å². The van der Waals surface area contributed by atoms with E-state index in [2.05, 4.69) is 46.9 Å².